The molecule has 1 aliphatic rings. The first kappa shape index (κ1) is 23.6. The van der Waals surface area contributed by atoms with Crippen molar-refractivity contribution in [1.82, 2.24) is 24.3 Å². The first-order valence-electron chi connectivity index (χ1n) is 10.8. The molecular formula is C24H20Cl2N6O2S. The van der Waals surface area contributed by atoms with Gasteiger partial charge in [-0.2, -0.15) is 0 Å². The van der Waals surface area contributed by atoms with Crippen LogP contribution in [0.3, 0.4) is 0 Å². The second kappa shape index (κ2) is 9.85. The molecule has 1 aliphatic heterocycles. The van der Waals surface area contributed by atoms with E-state index in [2.05, 4.69) is 15.2 Å². The third kappa shape index (κ3) is 4.71. The number of ether oxygens (including phenoxy) is 1. The number of aliphatic imine (C=N–C) groups is 1. The van der Waals surface area contributed by atoms with Gasteiger partial charge in [0.2, 0.25) is 5.16 Å². The molecule has 0 amide bonds. The molecule has 35 heavy (non-hydrogen) atoms. The lowest BCUT2D eigenvalue weighted by Gasteiger charge is -2.14. The summed E-state index contributed by atoms with van der Waals surface area (Å²) in [5, 5.41) is 11.5. The molecule has 1 atom stereocenters. The number of benzene rings is 2. The summed E-state index contributed by atoms with van der Waals surface area (Å²) in [6.07, 6.45) is 4.20. The Kier molecular flexibility index (Phi) is 6.64. The van der Waals surface area contributed by atoms with E-state index >= 15 is 0 Å². The van der Waals surface area contributed by atoms with Gasteiger partial charge in [-0.05, 0) is 42.4 Å². The van der Waals surface area contributed by atoms with Crippen molar-refractivity contribution in [1.29, 1.82) is 0 Å². The lowest BCUT2D eigenvalue weighted by Crippen LogP contribution is -2.09. The van der Waals surface area contributed by atoms with E-state index in [4.69, 9.17) is 32.9 Å². The quantitative estimate of drug-likeness (QED) is 0.316. The molecule has 0 aliphatic carbocycles. The molecule has 0 spiro atoms. The molecule has 2 aromatic heterocycles. The number of hydrogen-bond acceptors (Lipinski definition) is 7. The van der Waals surface area contributed by atoms with E-state index in [0.29, 0.717) is 33.2 Å². The number of imidazole rings is 1. The van der Waals surface area contributed by atoms with Crippen molar-refractivity contribution in [2.45, 2.75) is 29.1 Å². The number of carbonyl (C=O) groups excluding carboxylic acids is 1. The topological polar surface area (TPSA) is 87.2 Å². The number of aromatic nitrogens is 5. The summed E-state index contributed by atoms with van der Waals surface area (Å²) in [6.45, 7) is 0. The zero-order valence-electron chi connectivity index (χ0n) is 18.9. The third-order valence-corrected chi connectivity index (χ3v) is 6.98. The zero-order valence-corrected chi connectivity index (χ0v) is 21.2. The number of carbonyl (C=O) groups is 1. The first-order valence-corrected chi connectivity index (χ1v) is 12.3. The van der Waals surface area contributed by atoms with E-state index in [0.717, 1.165) is 21.8 Å². The van der Waals surface area contributed by atoms with Gasteiger partial charge in [0.25, 0.3) is 0 Å². The van der Waals surface area contributed by atoms with E-state index in [1.807, 2.05) is 64.8 Å². The van der Waals surface area contributed by atoms with Crippen LogP contribution in [-0.4, -0.2) is 43.1 Å². The van der Waals surface area contributed by atoms with Crippen molar-refractivity contribution < 1.29 is 9.53 Å². The van der Waals surface area contributed by atoms with Crippen molar-refractivity contribution in [3.8, 4) is 5.69 Å². The number of nitrogens with zero attached hydrogens (tertiary/aromatic N) is 6. The van der Waals surface area contributed by atoms with Gasteiger partial charge in [-0.1, -0.05) is 41.4 Å². The van der Waals surface area contributed by atoms with Gasteiger partial charge in [-0.15, -0.1) is 10.2 Å². The summed E-state index contributed by atoms with van der Waals surface area (Å²) in [6, 6.07) is 12.6. The van der Waals surface area contributed by atoms with Crippen LogP contribution in [0.15, 0.2) is 70.2 Å². The summed E-state index contributed by atoms with van der Waals surface area (Å²) in [4.78, 5) is 21.5. The van der Waals surface area contributed by atoms with Crippen LogP contribution in [0, 0.1) is 0 Å². The lowest BCUT2D eigenvalue weighted by molar-refractivity contribution is -0.140. The van der Waals surface area contributed by atoms with Crippen LogP contribution >= 0.6 is 35.0 Å². The predicted octanol–water partition coefficient (Wildman–Crippen LogP) is 5.30. The number of methoxy groups -OCH3 is 1. The van der Waals surface area contributed by atoms with Gasteiger partial charge in [-0.3, -0.25) is 14.4 Å². The molecule has 4 aromatic rings. The number of fused-ring (bicyclic) bond motifs is 3. The fourth-order valence-corrected chi connectivity index (χ4v) is 5.19. The van der Waals surface area contributed by atoms with Gasteiger partial charge in [0.05, 0.1) is 24.8 Å². The lowest BCUT2D eigenvalue weighted by atomic mass is 10.00. The van der Waals surface area contributed by atoms with E-state index in [9.17, 15) is 4.79 Å². The maximum atomic E-state index is 12.0. The molecule has 0 unspecified atom stereocenters. The predicted molar refractivity (Wildman–Crippen MR) is 135 cm³/mol. The molecule has 5 rings (SSSR count). The molecule has 3 heterocycles. The van der Waals surface area contributed by atoms with Gasteiger partial charge in [0.1, 0.15) is 11.1 Å². The average molecular weight is 527 g/mol. The minimum atomic E-state index is -0.475. The van der Waals surface area contributed by atoms with Crippen LogP contribution in [0.1, 0.15) is 35.8 Å². The van der Waals surface area contributed by atoms with E-state index in [-0.39, 0.29) is 12.4 Å². The summed E-state index contributed by atoms with van der Waals surface area (Å²) < 4.78 is 8.70. The van der Waals surface area contributed by atoms with Gasteiger partial charge in [0.15, 0.2) is 5.82 Å². The van der Waals surface area contributed by atoms with Crippen molar-refractivity contribution in [3.63, 3.8) is 0 Å². The highest BCUT2D eigenvalue weighted by molar-refractivity contribution is 7.99. The Morgan fingerprint density at radius 1 is 1.14 bits per heavy atom. The Morgan fingerprint density at radius 3 is 2.71 bits per heavy atom. The Hall–Kier alpha value is -3.14. The van der Waals surface area contributed by atoms with Gasteiger partial charge in [-0.25, -0.2) is 4.98 Å². The SMILES string of the molecule is COC(=O)CC[C@@H]1N=C(c2ccccc2Cl)c2cc(Cl)ccc2-n2c(Sc3cn(C)cn3)nnc21. The molecule has 0 saturated heterocycles. The Balaban J connectivity index is 1.71. The number of aryl methyl sites for hydroxylation is 1. The van der Waals surface area contributed by atoms with Crippen LogP contribution < -0.4 is 0 Å². The van der Waals surface area contributed by atoms with Crippen LogP contribution in [0.5, 0.6) is 0 Å². The molecule has 178 valence electrons. The third-order valence-electron chi connectivity index (χ3n) is 5.55. The Morgan fingerprint density at radius 2 is 1.97 bits per heavy atom. The average Bonchev–Trinajstić information content (AvgIpc) is 3.42. The normalized spacial score (nSPS) is 14.6. The second-order valence-electron chi connectivity index (χ2n) is 7.91. The van der Waals surface area contributed by atoms with Crippen molar-refractivity contribution in [2.24, 2.45) is 12.0 Å². The number of rotatable bonds is 6. The van der Waals surface area contributed by atoms with Crippen LogP contribution in [0.4, 0.5) is 0 Å². The van der Waals surface area contributed by atoms with Crippen molar-refractivity contribution in [2.75, 3.05) is 7.11 Å². The molecule has 0 radical (unpaired) electrons. The molecule has 0 fully saturated rings. The fourth-order valence-electron chi connectivity index (χ4n) is 3.92. The molecule has 2 aromatic carbocycles. The number of halogens is 2. The van der Waals surface area contributed by atoms with Gasteiger partial charge < -0.3 is 9.30 Å². The number of esters is 1. The maximum absolute atomic E-state index is 12.0. The van der Waals surface area contributed by atoms with E-state index in [1.54, 1.807) is 6.33 Å². The molecule has 0 N–H and O–H groups in total. The fraction of sp³-hybridized carbons (Fsp3) is 0.208. The van der Waals surface area contributed by atoms with Gasteiger partial charge >= 0.3 is 5.97 Å². The highest BCUT2D eigenvalue weighted by Crippen LogP contribution is 2.38. The molecule has 11 heteroatoms. The monoisotopic (exact) mass is 526 g/mol. The summed E-state index contributed by atoms with van der Waals surface area (Å²) in [7, 11) is 3.28. The zero-order chi connectivity index (χ0) is 24.5. The standard InChI is InChI=1S/C24H20Cl2N6O2S/c1-31-12-20(27-13-31)35-24-30-29-23-18(8-10-21(33)34-2)28-22(15-5-3-4-6-17(15)26)16-11-14(25)7-9-19(16)32(23)24/h3-7,9,11-13,18H,8,10H2,1-2H3/t18-/m0/s1. The Bertz CT molecular complexity index is 1450. The highest BCUT2D eigenvalue weighted by atomic mass is 35.5. The minimum absolute atomic E-state index is 0.174. The summed E-state index contributed by atoms with van der Waals surface area (Å²) in [5.41, 5.74) is 3.03. The van der Waals surface area contributed by atoms with E-state index in [1.165, 1.54) is 18.9 Å². The number of hydrogen-bond donors (Lipinski definition) is 0. The van der Waals surface area contributed by atoms with Gasteiger partial charge in [0, 0.05) is 40.8 Å². The molecule has 8 nitrogen and oxygen atoms in total. The van der Waals surface area contributed by atoms with Crippen molar-refractivity contribution in [3.05, 3.63) is 82.0 Å². The molecule has 0 bridgehead atoms. The summed E-state index contributed by atoms with van der Waals surface area (Å²) >= 11 is 14.4. The second-order valence-corrected chi connectivity index (χ2v) is 9.74. The smallest absolute Gasteiger partial charge is 0.305 e. The molecular weight excluding hydrogens is 507 g/mol. The van der Waals surface area contributed by atoms with Crippen molar-refractivity contribution >= 4 is 46.6 Å². The highest BCUT2D eigenvalue weighted by Gasteiger charge is 2.30. The molecule has 0 saturated carbocycles. The van der Waals surface area contributed by atoms with Crippen LogP contribution in [-0.2, 0) is 16.6 Å². The maximum Gasteiger partial charge on any atom is 0.305 e. The first-order chi connectivity index (χ1) is 16.9. The van der Waals surface area contributed by atoms with Crippen LogP contribution in [0.2, 0.25) is 10.0 Å². The Labute approximate surface area is 216 Å². The largest absolute Gasteiger partial charge is 0.469 e. The van der Waals surface area contributed by atoms with Crippen LogP contribution in [0.25, 0.3) is 5.69 Å². The van der Waals surface area contributed by atoms with E-state index < -0.39 is 6.04 Å². The minimum Gasteiger partial charge on any atom is -0.469 e. The summed E-state index contributed by atoms with van der Waals surface area (Å²) in [5.74, 6) is 0.288.